The number of ether oxygens (including phenoxy) is 1. The van der Waals surface area contributed by atoms with Crippen molar-refractivity contribution >= 4 is 23.1 Å². The highest BCUT2D eigenvalue weighted by atomic mass is 16.5. The minimum Gasteiger partial charge on any atom is -0.458 e. The van der Waals surface area contributed by atoms with Crippen molar-refractivity contribution in [3.05, 3.63) is 103 Å². The van der Waals surface area contributed by atoms with Crippen molar-refractivity contribution in [2.24, 2.45) is 0 Å². The monoisotopic (exact) mass is 388 g/mol. The van der Waals surface area contributed by atoms with E-state index in [-0.39, 0.29) is 12.1 Å². The molecule has 1 aliphatic heterocycles. The van der Waals surface area contributed by atoms with Crippen LogP contribution in [0.1, 0.15) is 26.3 Å². The fourth-order valence-corrected chi connectivity index (χ4v) is 4.61. The Morgan fingerprint density at radius 3 is 1.60 bits per heavy atom. The molecule has 4 aromatic rings. The molecule has 0 saturated carbocycles. The fraction of sp³-hybridized carbons (Fsp3) is 0.143. The summed E-state index contributed by atoms with van der Waals surface area (Å²) < 4.78 is 6.25. The maximum atomic E-state index is 6.25. The van der Waals surface area contributed by atoms with Crippen LogP contribution in [0.25, 0.3) is 11.1 Å². The molecule has 146 valence electrons. The van der Waals surface area contributed by atoms with Crippen LogP contribution in [0.15, 0.2) is 97.1 Å². The Bertz CT molecular complexity index is 1170. The molecule has 30 heavy (non-hydrogen) atoms. The van der Waals surface area contributed by atoms with Gasteiger partial charge in [-0.05, 0) is 45.2 Å². The van der Waals surface area contributed by atoms with E-state index in [2.05, 4.69) is 106 Å². The summed E-state index contributed by atoms with van der Waals surface area (Å²) in [4.78, 5) is 0. The van der Waals surface area contributed by atoms with Crippen LogP contribution < -0.4 is 21.1 Å². The Kier molecular flexibility index (Phi) is 4.51. The number of fused-ring (bicyclic) bond motifs is 2. The summed E-state index contributed by atoms with van der Waals surface area (Å²) in [6.07, 6.45) is 0. The first kappa shape index (κ1) is 18.8. The molecule has 1 heterocycles. The van der Waals surface area contributed by atoms with Gasteiger partial charge in [-0.1, -0.05) is 111 Å². The van der Waals surface area contributed by atoms with Crippen LogP contribution in [-0.2, 0) is 5.41 Å². The highest BCUT2D eigenvalue weighted by Gasteiger charge is 2.34. The molecule has 0 spiro atoms. The molecular weight excluding hydrogens is 363 g/mol. The Morgan fingerprint density at radius 1 is 0.533 bits per heavy atom. The molecule has 1 aliphatic rings. The minimum atomic E-state index is 0.0647. The lowest BCUT2D eigenvalue weighted by Gasteiger charge is -2.29. The van der Waals surface area contributed by atoms with Gasteiger partial charge in [-0.25, -0.2) is 0 Å². The summed E-state index contributed by atoms with van der Waals surface area (Å²) in [5.41, 5.74) is 7.79. The molecule has 1 nitrogen and oxygen atoms in total. The Labute approximate surface area is 179 Å². The van der Waals surface area contributed by atoms with Crippen molar-refractivity contribution in [2.75, 3.05) is 0 Å². The van der Waals surface area contributed by atoms with E-state index in [4.69, 9.17) is 4.74 Å². The molecule has 0 N–H and O–H groups in total. The number of benzene rings is 4. The second-order valence-corrected chi connectivity index (χ2v) is 8.99. The van der Waals surface area contributed by atoms with Crippen molar-refractivity contribution in [2.45, 2.75) is 26.2 Å². The van der Waals surface area contributed by atoms with Crippen molar-refractivity contribution in [3.63, 3.8) is 0 Å². The summed E-state index contributed by atoms with van der Waals surface area (Å²) in [6.45, 7) is 6.99. The van der Waals surface area contributed by atoms with Gasteiger partial charge in [0.15, 0.2) is 0 Å². The van der Waals surface area contributed by atoms with Gasteiger partial charge in [-0.3, -0.25) is 0 Å². The lowest BCUT2D eigenvalue weighted by atomic mass is 9.35. The average molecular weight is 388 g/mol. The first-order valence-electron chi connectivity index (χ1n) is 10.6. The molecule has 0 aliphatic carbocycles. The molecule has 0 amide bonds. The van der Waals surface area contributed by atoms with E-state index in [1.54, 1.807) is 0 Å². The molecule has 0 fully saturated rings. The van der Waals surface area contributed by atoms with Crippen LogP contribution in [0.4, 0.5) is 0 Å². The number of para-hydroxylation sites is 2. The fourth-order valence-electron chi connectivity index (χ4n) is 4.61. The third kappa shape index (κ3) is 3.13. The highest BCUT2D eigenvalue weighted by Crippen LogP contribution is 2.33. The smallest absolute Gasteiger partial charge is 0.251 e. The van der Waals surface area contributed by atoms with Gasteiger partial charge in [0.2, 0.25) is 0 Å². The molecule has 2 heteroatoms. The molecule has 0 radical (unpaired) electrons. The molecular formula is C28H25BO. The lowest BCUT2D eigenvalue weighted by Crippen LogP contribution is -2.55. The first-order chi connectivity index (χ1) is 14.5. The highest BCUT2D eigenvalue weighted by molar-refractivity contribution is 6.97. The van der Waals surface area contributed by atoms with Crippen molar-refractivity contribution in [1.82, 2.24) is 0 Å². The summed E-state index contributed by atoms with van der Waals surface area (Å²) in [6, 6.07) is 34.5. The summed E-state index contributed by atoms with van der Waals surface area (Å²) in [5, 5.41) is 0. The normalized spacial score (nSPS) is 12.7. The van der Waals surface area contributed by atoms with Crippen LogP contribution in [0.5, 0.6) is 11.5 Å². The maximum absolute atomic E-state index is 6.25. The summed E-state index contributed by atoms with van der Waals surface area (Å²) in [7, 11) is 0. The van der Waals surface area contributed by atoms with E-state index >= 15 is 0 Å². The van der Waals surface area contributed by atoms with E-state index in [9.17, 15) is 0 Å². The van der Waals surface area contributed by atoms with Crippen molar-refractivity contribution < 1.29 is 4.74 Å². The molecule has 4 aromatic carbocycles. The predicted octanol–water partition coefficient (Wildman–Crippen LogP) is 5.27. The lowest BCUT2D eigenvalue weighted by molar-refractivity contribution is 0.487. The van der Waals surface area contributed by atoms with Crippen LogP contribution in [0, 0.1) is 0 Å². The van der Waals surface area contributed by atoms with Crippen molar-refractivity contribution in [1.29, 1.82) is 0 Å². The summed E-state index contributed by atoms with van der Waals surface area (Å²) in [5.74, 6) is 1.89. The Morgan fingerprint density at radius 2 is 1.00 bits per heavy atom. The van der Waals surface area contributed by atoms with E-state index in [1.165, 1.54) is 33.1 Å². The van der Waals surface area contributed by atoms with Crippen LogP contribution in [0.2, 0.25) is 0 Å². The van der Waals surface area contributed by atoms with Gasteiger partial charge in [0.05, 0.1) is 0 Å². The van der Waals surface area contributed by atoms with E-state index < -0.39 is 0 Å². The second-order valence-electron chi connectivity index (χ2n) is 8.99. The van der Waals surface area contributed by atoms with Crippen LogP contribution in [-0.4, -0.2) is 6.71 Å². The molecule has 5 rings (SSSR count). The van der Waals surface area contributed by atoms with Crippen LogP contribution in [0.3, 0.4) is 0 Å². The van der Waals surface area contributed by atoms with Gasteiger partial charge < -0.3 is 4.74 Å². The number of rotatable bonds is 2. The van der Waals surface area contributed by atoms with E-state index in [1.807, 2.05) is 12.1 Å². The van der Waals surface area contributed by atoms with E-state index in [0.29, 0.717) is 0 Å². The predicted molar refractivity (Wildman–Crippen MR) is 128 cm³/mol. The van der Waals surface area contributed by atoms with Crippen LogP contribution >= 0.6 is 0 Å². The van der Waals surface area contributed by atoms with Gasteiger partial charge in [0.25, 0.3) is 6.71 Å². The minimum absolute atomic E-state index is 0.0647. The summed E-state index contributed by atoms with van der Waals surface area (Å²) >= 11 is 0. The molecule has 0 saturated heterocycles. The van der Waals surface area contributed by atoms with Gasteiger partial charge in [0.1, 0.15) is 11.5 Å². The van der Waals surface area contributed by atoms with Gasteiger partial charge in [-0.2, -0.15) is 0 Å². The second kappa shape index (κ2) is 7.21. The zero-order valence-corrected chi connectivity index (χ0v) is 17.7. The Hall–Kier alpha value is -3.26. The maximum Gasteiger partial charge on any atom is 0.251 e. The average Bonchev–Trinajstić information content (AvgIpc) is 2.77. The van der Waals surface area contributed by atoms with E-state index in [0.717, 1.165) is 11.5 Å². The molecule has 0 atom stereocenters. The zero-order valence-electron chi connectivity index (χ0n) is 17.7. The third-order valence-corrected chi connectivity index (χ3v) is 5.98. The standard InChI is InChI=1S/C28H25BO/c1-28(2,3)22-14-6-4-12-20(22)21-13-5-7-15-23(21)29-24-16-8-10-18-26(24)30-27-19-11-9-17-25(27)29/h4-19H,1-3H3. The Balaban J connectivity index is 1.78. The number of hydrogen-bond acceptors (Lipinski definition) is 1. The molecule has 0 bridgehead atoms. The van der Waals surface area contributed by atoms with Gasteiger partial charge in [-0.15, -0.1) is 0 Å². The topological polar surface area (TPSA) is 9.23 Å². The van der Waals surface area contributed by atoms with Crippen molar-refractivity contribution in [3.8, 4) is 22.6 Å². The number of hydrogen-bond donors (Lipinski definition) is 0. The molecule has 0 unspecified atom stereocenters. The molecule has 0 aromatic heterocycles. The SMILES string of the molecule is CC(C)(C)c1ccccc1-c1ccccc1B1c2ccccc2Oc2ccccc21. The van der Waals surface area contributed by atoms with Gasteiger partial charge in [0, 0.05) is 0 Å². The zero-order chi connectivity index (χ0) is 20.7. The quantitative estimate of drug-likeness (QED) is 0.374. The first-order valence-corrected chi connectivity index (χ1v) is 10.6. The largest absolute Gasteiger partial charge is 0.458 e. The van der Waals surface area contributed by atoms with Gasteiger partial charge >= 0.3 is 0 Å². The third-order valence-electron chi connectivity index (χ3n) is 5.98.